The molecule has 11 heteroatoms. The lowest BCUT2D eigenvalue weighted by Crippen LogP contribution is -2.14. The number of rotatable bonds is 9. The number of nitrogens with zero attached hydrogens (tertiary/aromatic N) is 3. The van der Waals surface area contributed by atoms with E-state index in [2.05, 4.69) is 53.4 Å². The van der Waals surface area contributed by atoms with E-state index in [9.17, 15) is 9.18 Å². The number of anilines is 4. The molecule has 0 atom stereocenters. The van der Waals surface area contributed by atoms with Gasteiger partial charge in [0.1, 0.15) is 30.3 Å². The Bertz CT molecular complexity index is 1300. The molecule has 3 N–H and O–H groups in total. The van der Waals surface area contributed by atoms with Crippen LogP contribution in [-0.2, 0) is 4.79 Å². The Morgan fingerprint density at radius 3 is 2.85 bits per heavy atom. The third kappa shape index (κ3) is 5.62. The molecule has 0 unspecified atom stereocenters. The van der Waals surface area contributed by atoms with Crippen molar-refractivity contribution >= 4 is 66.4 Å². The number of fused-ring (bicyclic) bond motifs is 1. The van der Waals surface area contributed by atoms with Crippen molar-refractivity contribution < 1.29 is 13.9 Å². The van der Waals surface area contributed by atoms with Crippen molar-refractivity contribution in [3.8, 4) is 5.75 Å². The van der Waals surface area contributed by atoms with E-state index in [4.69, 9.17) is 4.74 Å². The van der Waals surface area contributed by atoms with Crippen molar-refractivity contribution in [2.45, 2.75) is 0 Å². The zero-order chi connectivity index (χ0) is 23.2. The standard InChI is InChI=1S/C22H18BrFN6O2S/c1-2-20(31)29-18-10-14-17(11-19(18)32-7-5-25-22-26-6-8-33-22)27-12-28-21(14)30-16-4-3-13(23)9-15(16)24/h2-4,6,8-12H,1,5,7H2,(H,25,26)(H,29,31)(H,27,28,30). The number of carbonyl (C=O) groups excluding carboxylic acids is 1. The van der Waals surface area contributed by atoms with Crippen molar-refractivity contribution in [2.24, 2.45) is 0 Å². The lowest BCUT2D eigenvalue weighted by atomic mass is 10.1. The number of ether oxygens (including phenoxy) is 1. The lowest BCUT2D eigenvalue weighted by molar-refractivity contribution is -0.111. The summed E-state index contributed by atoms with van der Waals surface area (Å²) in [6.07, 6.45) is 4.25. The van der Waals surface area contributed by atoms with Crippen LogP contribution in [0.5, 0.6) is 5.75 Å². The minimum Gasteiger partial charge on any atom is -0.489 e. The van der Waals surface area contributed by atoms with Crippen LogP contribution in [0.4, 0.5) is 26.7 Å². The van der Waals surface area contributed by atoms with Gasteiger partial charge in [-0.2, -0.15) is 0 Å². The van der Waals surface area contributed by atoms with Gasteiger partial charge in [-0.25, -0.2) is 19.3 Å². The van der Waals surface area contributed by atoms with Crippen LogP contribution < -0.4 is 20.7 Å². The summed E-state index contributed by atoms with van der Waals surface area (Å²) in [6.45, 7) is 4.33. The molecule has 168 valence electrons. The van der Waals surface area contributed by atoms with Crippen LogP contribution in [0, 0.1) is 5.82 Å². The molecule has 4 rings (SSSR count). The van der Waals surface area contributed by atoms with Gasteiger partial charge in [-0.1, -0.05) is 22.5 Å². The molecule has 0 aliphatic heterocycles. The number of benzene rings is 2. The predicted molar refractivity (Wildman–Crippen MR) is 132 cm³/mol. The fourth-order valence-corrected chi connectivity index (χ4v) is 3.82. The molecule has 0 fully saturated rings. The molecule has 2 aromatic carbocycles. The minimum atomic E-state index is -0.441. The van der Waals surface area contributed by atoms with Gasteiger partial charge in [-0.3, -0.25) is 4.79 Å². The van der Waals surface area contributed by atoms with Crippen molar-refractivity contribution in [2.75, 3.05) is 29.1 Å². The number of thiazole rings is 1. The van der Waals surface area contributed by atoms with E-state index < -0.39 is 11.7 Å². The molecule has 1 amide bonds. The first-order valence-corrected chi connectivity index (χ1v) is 11.4. The monoisotopic (exact) mass is 528 g/mol. The second-order valence-electron chi connectivity index (χ2n) is 6.64. The first-order chi connectivity index (χ1) is 16.0. The molecule has 0 aliphatic carbocycles. The molecular formula is C22H18BrFN6O2S. The van der Waals surface area contributed by atoms with Crippen LogP contribution in [0.3, 0.4) is 0 Å². The van der Waals surface area contributed by atoms with Crippen molar-refractivity contribution in [3.63, 3.8) is 0 Å². The summed E-state index contributed by atoms with van der Waals surface area (Å²) in [7, 11) is 0. The maximum atomic E-state index is 14.3. The minimum absolute atomic E-state index is 0.253. The largest absolute Gasteiger partial charge is 0.489 e. The summed E-state index contributed by atoms with van der Waals surface area (Å²) in [5.74, 6) is -0.0279. The first-order valence-electron chi connectivity index (χ1n) is 9.74. The zero-order valence-corrected chi connectivity index (χ0v) is 19.5. The fourth-order valence-electron chi connectivity index (χ4n) is 2.93. The highest BCUT2D eigenvalue weighted by molar-refractivity contribution is 9.10. The maximum Gasteiger partial charge on any atom is 0.247 e. The topological polar surface area (TPSA) is 101 Å². The molecule has 0 saturated heterocycles. The van der Waals surface area contributed by atoms with E-state index in [1.165, 1.54) is 23.7 Å². The molecule has 0 bridgehead atoms. The Morgan fingerprint density at radius 1 is 1.21 bits per heavy atom. The summed E-state index contributed by atoms with van der Waals surface area (Å²) in [5, 5.41) is 12.1. The predicted octanol–water partition coefficient (Wildman–Crippen LogP) is 5.35. The molecule has 2 aromatic heterocycles. The molecule has 2 heterocycles. The van der Waals surface area contributed by atoms with Gasteiger partial charge in [-0.15, -0.1) is 11.3 Å². The normalized spacial score (nSPS) is 10.6. The summed E-state index contributed by atoms with van der Waals surface area (Å²) >= 11 is 4.73. The Kier molecular flexibility index (Phi) is 7.10. The van der Waals surface area contributed by atoms with Crippen molar-refractivity contribution in [1.82, 2.24) is 15.0 Å². The lowest BCUT2D eigenvalue weighted by Gasteiger charge is -2.15. The zero-order valence-electron chi connectivity index (χ0n) is 17.1. The molecule has 4 aromatic rings. The fraction of sp³-hybridized carbons (Fsp3) is 0.0909. The average molecular weight is 529 g/mol. The van der Waals surface area contributed by atoms with E-state index in [0.29, 0.717) is 45.8 Å². The van der Waals surface area contributed by atoms with E-state index in [-0.39, 0.29) is 5.69 Å². The Labute approximate surface area is 201 Å². The van der Waals surface area contributed by atoms with Crippen molar-refractivity contribution in [3.05, 3.63) is 71.2 Å². The van der Waals surface area contributed by atoms with Gasteiger partial charge in [-0.05, 0) is 30.3 Å². The van der Waals surface area contributed by atoms with E-state index in [0.717, 1.165) is 11.2 Å². The number of hydrogen-bond donors (Lipinski definition) is 3. The Balaban J connectivity index is 1.62. The quantitative estimate of drug-likeness (QED) is 0.199. The SMILES string of the molecule is C=CC(=O)Nc1cc2c(Nc3ccc(Br)cc3F)ncnc2cc1OCCNc1nccs1. The highest BCUT2D eigenvalue weighted by Crippen LogP contribution is 2.34. The first kappa shape index (κ1) is 22.6. The molecule has 0 saturated carbocycles. The van der Waals surface area contributed by atoms with Gasteiger partial charge < -0.3 is 20.7 Å². The number of hydrogen-bond acceptors (Lipinski definition) is 8. The van der Waals surface area contributed by atoms with Crippen LogP contribution in [0.1, 0.15) is 0 Å². The van der Waals surface area contributed by atoms with E-state index in [1.54, 1.807) is 30.5 Å². The highest BCUT2D eigenvalue weighted by Gasteiger charge is 2.14. The molecule has 33 heavy (non-hydrogen) atoms. The average Bonchev–Trinajstić information content (AvgIpc) is 3.32. The van der Waals surface area contributed by atoms with Crippen LogP contribution >= 0.6 is 27.3 Å². The number of halogens is 2. The van der Waals surface area contributed by atoms with Crippen LogP contribution in [0.15, 0.2) is 65.4 Å². The molecule has 0 spiro atoms. The van der Waals surface area contributed by atoms with Gasteiger partial charge in [0, 0.05) is 27.5 Å². The molecule has 8 nitrogen and oxygen atoms in total. The smallest absolute Gasteiger partial charge is 0.247 e. The highest BCUT2D eigenvalue weighted by atomic mass is 79.9. The summed E-state index contributed by atoms with van der Waals surface area (Å²) in [5.41, 5.74) is 1.23. The van der Waals surface area contributed by atoms with Gasteiger partial charge >= 0.3 is 0 Å². The second-order valence-corrected chi connectivity index (χ2v) is 8.45. The van der Waals surface area contributed by atoms with E-state index >= 15 is 0 Å². The van der Waals surface area contributed by atoms with Gasteiger partial charge in [0.25, 0.3) is 0 Å². The van der Waals surface area contributed by atoms with Gasteiger partial charge in [0.2, 0.25) is 5.91 Å². The number of amides is 1. The Morgan fingerprint density at radius 2 is 2.09 bits per heavy atom. The molecule has 0 aliphatic rings. The number of nitrogens with one attached hydrogen (secondary N) is 3. The Hall–Kier alpha value is -3.57. The molecular weight excluding hydrogens is 511 g/mol. The second kappa shape index (κ2) is 10.4. The summed E-state index contributed by atoms with van der Waals surface area (Å²) < 4.78 is 20.9. The van der Waals surface area contributed by atoms with Crippen LogP contribution in [0.25, 0.3) is 10.9 Å². The maximum absolute atomic E-state index is 14.3. The van der Waals surface area contributed by atoms with Crippen molar-refractivity contribution in [1.29, 1.82) is 0 Å². The van der Waals surface area contributed by atoms with E-state index in [1.807, 2.05) is 5.38 Å². The number of carbonyl (C=O) groups is 1. The number of aromatic nitrogens is 3. The van der Waals surface area contributed by atoms with Crippen LogP contribution in [0.2, 0.25) is 0 Å². The van der Waals surface area contributed by atoms with Gasteiger partial charge in [0.15, 0.2) is 5.13 Å². The molecule has 0 radical (unpaired) electrons. The summed E-state index contributed by atoms with van der Waals surface area (Å²) in [4.78, 5) is 24.7. The third-order valence-electron chi connectivity index (χ3n) is 4.43. The summed E-state index contributed by atoms with van der Waals surface area (Å²) in [6, 6.07) is 8.05. The van der Waals surface area contributed by atoms with Gasteiger partial charge in [0.05, 0.1) is 23.4 Å². The third-order valence-corrected chi connectivity index (χ3v) is 5.66. The van der Waals surface area contributed by atoms with Crippen LogP contribution in [-0.4, -0.2) is 34.0 Å².